The highest BCUT2D eigenvalue weighted by Gasteiger charge is 2.19. The number of anilines is 1. The second-order valence-corrected chi connectivity index (χ2v) is 7.69. The first kappa shape index (κ1) is 19.4. The van der Waals surface area contributed by atoms with Crippen LogP contribution in [0.1, 0.15) is 10.7 Å². The number of rotatable bonds is 3. The number of aromatic nitrogens is 2. The van der Waals surface area contributed by atoms with E-state index in [1.807, 2.05) is 18.3 Å². The lowest BCUT2D eigenvalue weighted by molar-refractivity contribution is 0.122. The first-order valence-corrected chi connectivity index (χ1v) is 9.96. The van der Waals surface area contributed by atoms with E-state index in [0.29, 0.717) is 0 Å². The number of thiophene rings is 1. The van der Waals surface area contributed by atoms with Crippen molar-refractivity contribution in [3.05, 3.63) is 16.8 Å². The van der Waals surface area contributed by atoms with Gasteiger partial charge < -0.3 is 19.7 Å². The van der Waals surface area contributed by atoms with Crippen LogP contribution in [0.5, 0.6) is 0 Å². The summed E-state index contributed by atoms with van der Waals surface area (Å²) >= 11 is 1.85. The summed E-state index contributed by atoms with van der Waals surface area (Å²) in [6.07, 6.45) is 0. The van der Waals surface area contributed by atoms with Gasteiger partial charge in [0.05, 0.1) is 23.4 Å². The van der Waals surface area contributed by atoms with Crippen LogP contribution in [0.25, 0.3) is 10.2 Å². The Morgan fingerprint density at radius 1 is 1.15 bits per heavy atom. The summed E-state index contributed by atoms with van der Waals surface area (Å²) in [6, 6.07) is 2.25. The first-order chi connectivity index (χ1) is 12.7. The molecule has 2 aliphatic rings. The van der Waals surface area contributed by atoms with Crippen molar-refractivity contribution >= 4 is 27.4 Å². The molecule has 2 saturated heterocycles. The minimum atomic E-state index is 0.781. The fraction of sp³-hybridized carbons (Fsp3) is 0.667. The molecule has 0 aromatic carbocycles. The average Bonchev–Trinajstić information content (AvgIpc) is 3.05. The van der Waals surface area contributed by atoms with Gasteiger partial charge in [0.1, 0.15) is 5.82 Å². The van der Waals surface area contributed by atoms with Crippen LogP contribution in [0.4, 0.5) is 5.82 Å². The van der Waals surface area contributed by atoms with E-state index in [0.717, 1.165) is 76.2 Å². The van der Waals surface area contributed by atoms with Crippen molar-refractivity contribution in [1.29, 1.82) is 0 Å². The summed E-state index contributed by atoms with van der Waals surface area (Å²) in [5.74, 6) is 1.94. The van der Waals surface area contributed by atoms with E-state index in [1.165, 1.54) is 9.58 Å². The van der Waals surface area contributed by atoms with Crippen molar-refractivity contribution in [2.24, 2.45) is 0 Å². The maximum Gasteiger partial charge on any atom is 0.150 e. The van der Waals surface area contributed by atoms with Crippen molar-refractivity contribution in [2.75, 3.05) is 71.6 Å². The van der Waals surface area contributed by atoms with E-state index in [4.69, 9.17) is 9.72 Å². The quantitative estimate of drug-likeness (QED) is 0.867. The van der Waals surface area contributed by atoms with E-state index in [1.54, 1.807) is 14.2 Å². The fourth-order valence-electron chi connectivity index (χ4n) is 3.23. The van der Waals surface area contributed by atoms with Crippen molar-refractivity contribution in [2.45, 2.75) is 13.5 Å². The summed E-state index contributed by atoms with van der Waals surface area (Å²) in [6.45, 7) is 10.8. The molecule has 2 fully saturated rings. The minimum absolute atomic E-state index is 0.781. The van der Waals surface area contributed by atoms with Gasteiger partial charge >= 0.3 is 0 Å². The molecule has 0 atom stereocenters. The number of nitrogens with zero attached hydrogens (tertiary/aromatic N) is 4. The number of nitrogens with one attached hydrogen (secondary N) is 1. The van der Waals surface area contributed by atoms with Gasteiger partial charge in [0.2, 0.25) is 0 Å². The number of fused-ring (bicyclic) bond motifs is 1. The summed E-state index contributed by atoms with van der Waals surface area (Å²) < 4.78 is 10.9. The number of ether oxygens (including phenoxy) is 2. The number of morpholine rings is 1. The number of methoxy groups -OCH3 is 1. The molecule has 0 amide bonds. The molecule has 0 spiro atoms. The molecule has 4 heterocycles. The standard InChI is InChI=1S/C16H23N5OS.C2H6O/c1-12-18-14-10-13(11-20-4-2-17-3-5-20)23-15(14)16(19-12)21-6-8-22-9-7-21;1-3-2/h10,17H,2-9,11H2,1H3;1-2H3. The lowest BCUT2D eigenvalue weighted by Gasteiger charge is -2.28. The largest absolute Gasteiger partial charge is 0.388 e. The third-order valence-corrected chi connectivity index (χ3v) is 5.52. The molecule has 0 saturated carbocycles. The number of hydrogen-bond acceptors (Lipinski definition) is 8. The van der Waals surface area contributed by atoms with Gasteiger partial charge in [-0.15, -0.1) is 11.3 Å². The number of piperazine rings is 1. The van der Waals surface area contributed by atoms with Gasteiger partial charge in [-0.3, -0.25) is 4.90 Å². The predicted octanol–water partition coefficient (Wildman–Crippen LogP) is 1.50. The number of hydrogen-bond donors (Lipinski definition) is 1. The molecule has 0 unspecified atom stereocenters. The smallest absolute Gasteiger partial charge is 0.150 e. The molecule has 1 N–H and O–H groups in total. The maximum atomic E-state index is 5.47. The van der Waals surface area contributed by atoms with Crippen LogP contribution in [0.15, 0.2) is 6.07 Å². The third-order valence-electron chi connectivity index (χ3n) is 4.42. The first-order valence-electron chi connectivity index (χ1n) is 9.14. The molecule has 0 bridgehead atoms. The van der Waals surface area contributed by atoms with Crippen LogP contribution in [0, 0.1) is 6.92 Å². The zero-order chi connectivity index (χ0) is 18.4. The van der Waals surface area contributed by atoms with E-state index < -0.39 is 0 Å². The Kier molecular flexibility index (Phi) is 7.15. The fourth-order valence-corrected chi connectivity index (χ4v) is 4.39. The van der Waals surface area contributed by atoms with Crippen LogP contribution >= 0.6 is 11.3 Å². The Morgan fingerprint density at radius 2 is 1.85 bits per heavy atom. The predicted molar refractivity (Wildman–Crippen MR) is 106 cm³/mol. The second-order valence-electron chi connectivity index (χ2n) is 6.56. The Bertz CT molecular complexity index is 696. The highest BCUT2D eigenvalue weighted by Crippen LogP contribution is 2.33. The van der Waals surface area contributed by atoms with Gasteiger partial charge in [-0.2, -0.15) is 0 Å². The van der Waals surface area contributed by atoms with Crippen molar-refractivity contribution in [3.8, 4) is 0 Å². The van der Waals surface area contributed by atoms with Crippen molar-refractivity contribution in [3.63, 3.8) is 0 Å². The Hall–Kier alpha value is -1.32. The summed E-state index contributed by atoms with van der Waals surface area (Å²) in [5.41, 5.74) is 1.09. The van der Waals surface area contributed by atoms with E-state index >= 15 is 0 Å². The molecule has 0 aliphatic carbocycles. The van der Waals surface area contributed by atoms with Crippen molar-refractivity contribution < 1.29 is 9.47 Å². The molecule has 0 radical (unpaired) electrons. The zero-order valence-electron chi connectivity index (χ0n) is 16.0. The SMILES string of the molecule is COC.Cc1nc(N2CCOCC2)c2sc(CN3CCNCC3)cc2n1. The van der Waals surface area contributed by atoms with Gasteiger partial charge in [-0.1, -0.05) is 0 Å². The molecular formula is C18H29N5O2S. The Balaban J connectivity index is 0.000000613. The van der Waals surface area contributed by atoms with E-state index in [-0.39, 0.29) is 0 Å². The maximum absolute atomic E-state index is 5.47. The van der Waals surface area contributed by atoms with Crippen LogP contribution in [-0.4, -0.2) is 81.6 Å². The number of aryl methyl sites for hydroxylation is 1. The normalized spacial score (nSPS) is 18.7. The lowest BCUT2D eigenvalue weighted by atomic mass is 10.3. The van der Waals surface area contributed by atoms with Gasteiger partial charge in [0.15, 0.2) is 5.82 Å². The highest BCUT2D eigenvalue weighted by molar-refractivity contribution is 7.19. The van der Waals surface area contributed by atoms with Gasteiger partial charge in [-0.25, -0.2) is 9.97 Å². The zero-order valence-corrected chi connectivity index (χ0v) is 16.8. The summed E-state index contributed by atoms with van der Waals surface area (Å²) in [7, 11) is 3.25. The third kappa shape index (κ3) is 4.89. The van der Waals surface area contributed by atoms with Gasteiger partial charge in [0.25, 0.3) is 0 Å². The Morgan fingerprint density at radius 3 is 2.54 bits per heavy atom. The van der Waals surface area contributed by atoms with Crippen molar-refractivity contribution in [1.82, 2.24) is 20.2 Å². The highest BCUT2D eigenvalue weighted by atomic mass is 32.1. The topological polar surface area (TPSA) is 62.8 Å². The average molecular weight is 380 g/mol. The summed E-state index contributed by atoms with van der Waals surface area (Å²) in [4.78, 5) is 15.6. The van der Waals surface area contributed by atoms with E-state index in [9.17, 15) is 0 Å². The van der Waals surface area contributed by atoms with Crippen LogP contribution in [0.3, 0.4) is 0 Å². The molecule has 7 nitrogen and oxygen atoms in total. The Labute approximate surface area is 159 Å². The monoisotopic (exact) mass is 379 g/mol. The van der Waals surface area contributed by atoms with Crippen LogP contribution in [0.2, 0.25) is 0 Å². The van der Waals surface area contributed by atoms with E-state index in [2.05, 4.69) is 30.9 Å². The molecule has 144 valence electrons. The lowest BCUT2D eigenvalue weighted by Crippen LogP contribution is -2.42. The molecule has 8 heteroatoms. The molecule has 2 aromatic rings. The van der Waals surface area contributed by atoms with Gasteiger partial charge in [0, 0.05) is 64.9 Å². The molecule has 2 aliphatic heterocycles. The molecule has 26 heavy (non-hydrogen) atoms. The minimum Gasteiger partial charge on any atom is -0.388 e. The molecule has 4 rings (SSSR count). The molecule has 2 aromatic heterocycles. The van der Waals surface area contributed by atoms with Crippen LogP contribution in [-0.2, 0) is 16.0 Å². The second kappa shape index (κ2) is 9.57. The van der Waals surface area contributed by atoms with Gasteiger partial charge in [-0.05, 0) is 13.0 Å². The van der Waals surface area contributed by atoms with Crippen LogP contribution < -0.4 is 10.2 Å². The summed E-state index contributed by atoms with van der Waals surface area (Å²) in [5, 5.41) is 3.41. The molecular weight excluding hydrogens is 350 g/mol.